The van der Waals surface area contributed by atoms with Gasteiger partial charge in [0, 0.05) is 35.8 Å². The van der Waals surface area contributed by atoms with E-state index in [1.807, 2.05) is 17.0 Å². The molecule has 2 N–H and O–H groups in total. The monoisotopic (exact) mass is 316 g/mol. The van der Waals surface area contributed by atoms with Gasteiger partial charge in [-0.3, -0.25) is 0 Å². The molecule has 1 aliphatic carbocycles. The molecule has 1 aliphatic heterocycles. The first-order valence-corrected chi connectivity index (χ1v) is 7.87. The summed E-state index contributed by atoms with van der Waals surface area (Å²) in [7, 11) is 0. The van der Waals surface area contributed by atoms with Gasteiger partial charge in [-0.05, 0) is 31.9 Å². The highest BCUT2D eigenvalue weighted by molar-refractivity contribution is 5.70. The van der Waals surface area contributed by atoms with Crippen molar-refractivity contribution in [3.63, 3.8) is 0 Å². The van der Waals surface area contributed by atoms with E-state index in [1.165, 1.54) is 0 Å². The normalized spacial score (nSPS) is 21.9. The van der Waals surface area contributed by atoms with Crippen LogP contribution in [0.1, 0.15) is 31.0 Å². The SMILES string of the molecule is C[C@H]1CCN1c1nc(-c2cccc(N)c2)c2c(n1)C(F)(F)CC2. The van der Waals surface area contributed by atoms with E-state index >= 15 is 0 Å². The smallest absolute Gasteiger partial charge is 0.290 e. The number of rotatable bonds is 2. The molecule has 2 aliphatic rings. The molecule has 4 rings (SSSR count). The number of anilines is 2. The molecule has 23 heavy (non-hydrogen) atoms. The average molecular weight is 316 g/mol. The molecule has 0 spiro atoms. The predicted octanol–water partition coefficient (Wildman–Crippen LogP) is 3.36. The van der Waals surface area contributed by atoms with Crippen molar-refractivity contribution in [2.75, 3.05) is 17.2 Å². The number of aromatic nitrogens is 2. The van der Waals surface area contributed by atoms with E-state index in [-0.39, 0.29) is 18.2 Å². The lowest BCUT2D eigenvalue weighted by molar-refractivity contribution is -0.00595. The van der Waals surface area contributed by atoms with Crippen LogP contribution in [-0.4, -0.2) is 22.6 Å². The van der Waals surface area contributed by atoms with E-state index in [1.54, 1.807) is 12.1 Å². The molecular formula is C17H18F2N4. The number of hydrogen-bond acceptors (Lipinski definition) is 4. The first-order chi connectivity index (χ1) is 11.0. The molecule has 6 heteroatoms. The first kappa shape index (κ1) is 14.4. The second-order valence-corrected chi connectivity index (χ2v) is 6.36. The molecule has 1 fully saturated rings. The van der Waals surface area contributed by atoms with Gasteiger partial charge in [-0.15, -0.1) is 0 Å². The maximum absolute atomic E-state index is 14.2. The van der Waals surface area contributed by atoms with Crippen molar-refractivity contribution in [3.05, 3.63) is 35.5 Å². The van der Waals surface area contributed by atoms with Crippen molar-refractivity contribution >= 4 is 11.6 Å². The van der Waals surface area contributed by atoms with Crippen LogP contribution in [0, 0.1) is 0 Å². The maximum Gasteiger partial charge on any atom is 0.290 e. The minimum Gasteiger partial charge on any atom is -0.399 e. The first-order valence-electron chi connectivity index (χ1n) is 7.87. The molecule has 0 radical (unpaired) electrons. The molecule has 120 valence electrons. The Hall–Kier alpha value is -2.24. The molecule has 0 saturated carbocycles. The highest BCUT2D eigenvalue weighted by atomic mass is 19.3. The van der Waals surface area contributed by atoms with Gasteiger partial charge in [0.2, 0.25) is 5.95 Å². The summed E-state index contributed by atoms with van der Waals surface area (Å²) in [6.45, 7) is 2.86. The molecule has 4 nitrogen and oxygen atoms in total. The molecule has 1 aromatic heterocycles. The van der Waals surface area contributed by atoms with Crippen LogP contribution in [-0.2, 0) is 12.3 Å². The molecule has 1 saturated heterocycles. The van der Waals surface area contributed by atoms with E-state index < -0.39 is 5.92 Å². The summed E-state index contributed by atoms with van der Waals surface area (Å²) < 4.78 is 28.5. The van der Waals surface area contributed by atoms with Crippen LogP contribution in [0.15, 0.2) is 24.3 Å². The minimum absolute atomic E-state index is 0.112. The number of halogens is 2. The summed E-state index contributed by atoms with van der Waals surface area (Å²) >= 11 is 0. The van der Waals surface area contributed by atoms with Gasteiger partial charge in [-0.1, -0.05) is 12.1 Å². The summed E-state index contributed by atoms with van der Waals surface area (Å²) in [5.41, 5.74) is 8.25. The van der Waals surface area contributed by atoms with Gasteiger partial charge >= 0.3 is 0 Å². The molecule has 0 bridgehead atoms. The largest absolute Gasteiger partial charge is 0.399 e. The summed E-state index contributed by atoms with van der Waals surface area (Å²) in [4.78, 5) is 10.8. The van der Waals surface area contributed by atoms with Gasteiger partial charge < -0.3 is 10.6 Å². The van der Waals surface area contributed by atoms with Gasteiger partial charge in [-0.25, -0.2) is 9.97 Å². The van der Waals surface area contributed by atoms with Crippen molar-refractivity contribution < 1.29 is 8.78 Å². The fourth-order valence-corrected chi connectivity index (χ4v) is 3.28. The molecule has 0 unspecified atom stereocenters. The lowest BCUT2D eigenvalue weighted by Crippen LogP contribution is -2.47. The van der Waals surface area contributed by atoms with E-state index in [4.69, 9.17) is 5.73 Å². The Labute approximate surface area is 133 Å². The van der Waals surface area contributed by atoms with Gasteiger partial charge in [0.15, 0.2) is 0 Å². The summed E-state index contributed by atoms with van der Waals surface area (Å²) in [6.07, 6.45) is 1.12. The Morgan fingerprint density at radius 2 is 2.13 bits per heavy atom. The Kier molecular flexibility index (Phi) is 3.04. The lowest BCUT2D eigenvalue weighted by Gasteiger charge is -2.39. The van der Waals surface area contributed by atoms with Crippen LogP contribution in [0.5, 0.6) is 0 Å². The lowest BCUT2D eigenvalue weighted by atomic mass is 10.0. The van der Waals surface area contributed by atoms with Crippen LogP contribution in [0.2, 0.25) is 0 Å². The summed E-state index contributed by atoms with van der Waals surface area (Å²) in [6, 6.07) is 7.52. The summed E-state index contributed by atoms with van der Waals surface area (Å²) in [5.74, 6) is -2.47. The number of alkyl halides is 2. The second kappa shape index (κ2) is 4.88. The number of fused-ring (bicyclic) bond motifs is 1. The standard InChI is InChI=1S/C17H18F2N4/c1-10-6-8-23(10)16-21-14(11-3-2-4-12(20)9-11)13-5-7-17(18,19)15(13)22-16/h2-4,9-10H,5-8,20H2,1H3/t10-/m0/s1. The van der Waals surface area contributed by atoms with Crippen LogP contribution in [0.3, 0.4) is 0 Å². The number of nitrogens with two attached hydrogens (primary N) is 1. The fourth-order valence-electron chi connectivity index (χ4n) is 3.28. The van der Waals surface area contributed by atoms with Crippen LogP contribution >= 0.6 is 0 Å². The topological polar surface area (TPSA) is 55.0 Å². The van der Waals surface area contributed by atoms with E-state index in [0.29, 0.717) is 29.3 Å². The summed E-state index contributed by atoms with van der Waals surface area (Å²) in [5, 5.41) is 0. The van der Waals surface area contributed by atoms with Crippen LogP contribution in [0.4, 0.5) is 20.4 Å². The zero-order valence-corrected chi connectivity index (χ0v) is 12.9. The second-order valence-electron chi connectivity index (χ2n) is 6.36. The van der Waals surface area contributed by atoms with Gasteiger partial charge in [0.1, 0.15) is 5.69 Å². The van der Waals surface area contributed by atoms with E-state index in [2.05, 4.69) is 16.9 Å². The fraction of sp³-hybridized carbons (Fsp3) is 0.412. The molecule has 2 aromatic rings. The zero-order chi connectivity index (χ0) is 16.2. The number of benzene rings is 1. The maximum atomic E-state index is 14.2. The zero-order valence-electron chi connectivity index (χ0n) is 12.9. The van der Waals surface area contributed by atoms with Gasteiger partial charge in [-0.2, -0.15) is 8.78 Å². The van der Waals surface area contributed by atoms with Gasteiger partial charge in [0.05, 0.1) is 5.69 Å². The van der Waals surface area contributed by atoms with E-state index in [0.717, 1.165) is 18.5 Å². The molecule has 2 heterocycles. The minimum atomic E-state index is -2.88. The Morgan fingerprint density at radius 3 is 2.78 bits per heavy atom. The Balaban J connectivity index is 1.91. The van der Waals surface area contributed by atoms with Crippen LogP contribution in [0.25, 0.3) is 11.3 Å². The molecule has 0 amide bonds. The van der Waals surface area contributed by atoms with Crippen molar-refractivity contribution in [3.8, 4) is 11.3 Å². The third kappa shape index (κ3) is 2.24. The van der Waals surface area contributed by atoms with Crippen molar-refractivity contribution in [1.29, 1.82) is 0 Å². The van der Waals surface area contributed by atoms with Gasteiger partial charge in [0.25, 0.3) is 5.92 Å². The van der Waals surface area contributed by atoms with E-state index in [9.17, 15) is 8.78 Å². The number of nitrogen functional groups attached to an aromatic ring is 1. The predicted molar refractivity (Wildman–Crippen MR) is 85.5 cm³/mol. The third-order valence-corrected chi connectivity index (χ3v) is 4.77. The molecule has 1 aromatic carbocycles. The molecular weight excluding hydrogens is 298 g/mol. The average Bonchev–Trinajstić information content (AvgIpc) is 2.81. The highest BCUT2D eigenvalue weighted by Crippen LogP contribution is 2.44. The number of hydrogen-bond donors (Lipinski definition) is 1. The third-order valence-electron chi connectivity index (χ3n) is 4.77. The Bertz CT molecular complexity index is 775. The van der Waals surface area contributed by atoms with Crippen LogP contribution < -0.4 is 10.6 Å². The highest BCUT2D eigenvalue weighted by Gasteiger charge is 2.44. The molecule has 1 atom stereocenters. The quantitative estimate of drug-likeness (QED) is 0.863. The van der Waals surface area contributed by atoms with Crippen molar-refractivity contribution in [2.24, 2.45) is 0 Å². The Morgan fingerprint density at radius 1 is 1.30 bits per heavy atom. The number of nitrogens with zero attached hydrogens (tertiary/aromatic N) is 3. The van der Waals surface area contributed by atoms with Crippen molar-refractivity contribution in [1.82, 2.24) is 9.97 Å². The van der Waals surface area contributed by atoms with Crippen molar-refractivity contribution in [2.45, 2.75) is 38.2 Å².